The van der Waals surface area contributed by atoms with Gasteiger partial charge >= 0.3 is 0 Å². The standard InChI is InChI=1S/C16H17N5O.ClH/c1-21-8-7-18-10-14(21)15-19-16(22-20-15)13-4-2-3-11-9-17-6-5-12(11)13;/h2-6,9,14,18H,7-8,10H2,1H3;1H. The number of piperazine rings is 1. The molecule has 1 aliphatic rings. The Balaban J connectivity index is 0.00000156. The van der Waals surface area contributed by atoms with Crippen LogP contribution in [0.4, 0.5) is 0 Å². The molecule has 1 unspecified atom stereocenters. The van der Waals surface area contributed by atoms with E-state index >= 15 is 0 Å². The third kappa shape index (κ3) is 2.93. The van der Waals surface area contributed by atoms with Crippen LogP contribution in [0.2, 0.25) is 0 Å². The molecule has 120 valence electrons. The van der Waals surface area contributed by atoms with Crippen molar-refractivity contribution in [1.82, 2.24) is 25.3 Å². The van der Waals surface area contributed by atoms with Crippen molar-refractivity contribution in [2.45, 2.75) is 6.04 Å². The van der Waals surface area contributed by atoms with Crippen LogP contribution in [-0.4, -0.2) is 46.7 Å². The SMILES string of the molecule is CN1CCNCC1c1noc(-c2cccc3cnccc23)n1.Cl. The molecule has 0 aliphatic carbocycles. The molecule has 3 aromatic rings. The van der Waals surface area contributed by atoms with Crippen molar-refractivity contribution in [3.8, 4) is 11.5 Å². The van der Waals surface area contributed by atoms with Crippen molar-refractivity contribution < 1.29 is 4.52 Å². The van der Waals surface area contributed by atoms with Crippen LogP contribution in [0.3, 0.4) is 0 Å². The first-order valence-electron chi connectivity index (χ1n) is 7.40. The molecule has 0 saturated carbocycles. The zero-order valence-corrected chi connectivity index (χ0v) is 13.6. The van der Waals surface area contributed by atoms with Crippen molar-refractivity contribution in [2.24, 2.45) is 0 Å². The number of aromatic nitrogens is 3. The predicted molar refractivity (Wildman–Crippen MR) is 90.5 cm³/mol. The van der Waals surface area contributed by atoms with Gasteiger partial charge in [0.15, 0.2) is 5.82 Å². The molecular weight excluding hydrogens is 314 g/mol. The summed E-state index contributed by atoms with van der Waals surface area (Å²) in [6.45, 7) is 2.82. The normalized spacial score (nSPS) is 18.7. The molecule has 3 heterocycles. The Kier molecular flexibility index (Phi) is 4.56. The Morgan fingerprint density at radius 2 is 2.22 bits per heavy atom. The fourth-order valence-electron chi connectivity index (χ4n) is 2.88. The minimum atomic E-state index is 0. The smallest absolute Gasteiger partial charge is 0.258 e. The molecule has 1 N–H and O–H groups in total. The second-order valence-electron chi connectivity index (χ2n) is 5.56. The first-order chi connectivity index (χ1) is 10.8. The molecular formula is C16H18ClN5O. The number of rotatable bonds is 2. The molecule has 4 rings (SSSR count). The topological polar surface area (TPSA) is 67.1 Å². The number of pyridine rings is 1. The molecule has 6 nitrogen and oxygen atoms in total. The van der Waals surface area contributed by atoms with Crippen LogP contribution in [0, 0.1) is 0 Å². The number of likely N-dealkylation sites (N-methyl/N-ethyl adjacent to an activating group) is 1. The lowest BCUT2D eigenvalue weighted by molar-refractivity contribution is 0.190. The summed E-state index contributed by atoms with van der Waals surface area (Å²) in [5.41, 5.74) is 0.949. The zero-order chi connectivity index (χ0) is 14.9. The molecule has 0 bridgehead atoms. The molecule has 0 spiro atoms. The van der Waals surface area contributed by atoms with Crippen LogP contribution < -0.4 is 5.32 Å². The summed E-state index contributed by atoms with van der Waals surface area (Å²) in [5, 5.41) is 9.70. The molecule has 1 saturated heterocycles. The highest BCUT2D eigenvalue weighted by molar-refractivity contribution is 5.94. The number of fused-ring (bicyclic) bond motifs is 1. The Labute approximate surface area is 140 Å². The van der Waals surface area contributed by atoms with E-state index in [1.54, 1.807) is 6.20 Å². The van der Waals surface area contributed by atoms with Crippen LogP contribution in [0.5, 0.6) is 0 Å². The van der Waals surface area contributed by atoms with E-state index in [-0.39, 0.29) is 18.4 Å². The van der Waals surface area contributed by atoms with Gasteiger partial charge in [0, 0.05) is 43.0 Å². The Hall–Kier alpha value is -2.02. The fourth-order valence-corrected chi connectivity index (χ4v) is 2.88. The van der Waals surface area contributed by atoms with Gasteiger partial charge in [0.2, 0.25) is 0 Å². The summed E-state index contributed by atoms with van der Waals surface area (Å²) < 4.78 is 5.52. The van der Waals surface area contributed by atoms with Gasteiger partial charge in [-0.15, -0.1) is 12.4 Å². The molecule has 23 heavy (non-hydrogen) atoms. The van der Waals surface area contributed by atoms with E-state index in [1.165, 1.54) is 0 Å². The first-order valence-corrected chi connectivity index (χ1v) is 7.40. The van der Waals surface area contributed by atoms with Crippen molar-refractivity contribution in [3.05, 3.63) is 42.5 Å². The lowest BCUT2D eigenvalue weighted by atomic mass is 10.1. The van der Waals surface area contributed by atoms with E-state index in [0.717, 1.165) is 41.8 Å². The van der Waals surface area contributed by atoms with E-state index in [2.05, 4.69) is 32.4 Å². The van der Waals surface area contributed by atoms with Gasteiger partial charge in [-0.25, -0.2) is 0 Å². The van der Waals surface area contributed by atoms with Gasteiger partial charge in [-0.2, -0.15) is 4.98 Å². The molecule has 1 fully saturated rings. The van der Waals surface area contributed by atoms with E-state index in [4.69, 9.17) is 4.52 Å². The maximum atomic E-state index is 5.52. The van der Waals surface area contributed by atoms with E-state index in [0.29, 0.717) is 5.89 Å². The highest BCUT2D eigenvalue weighted by atomic mass is 35.5. The van der Waals surface area contributed by atoms with Gasteiger partial charge in [-0.1, -0.05) is 17.3 Å². The van der Waals surface area contributed by atoms with Crippen LogP contribution in [0.25, 0.3) is 22.2 Å². The van der Waals surface area contributed by atoms with Gasteiger partial charge in [0.05, 0.1) is 6.04 Å². The Morgan fingerprint density at radius 1 is 1.30 bits per heavy atom. The predicted octanol–water partition coefficient (Wildman–Crippen LogP) is 2.28. The van der Waals surface area contributed by atoms with Gasteiger partial charge < -0.3 is 9.84 Å². The average Bonchev–Trinajstić information content (AvgIpc) is 3.04. The number of halogens is 1. The number of benzene rings is 1. The summed E-state index contributed by atoms with van der Waals surface area (Å²) in [5.74, 6) is 1.29. The maximum Gasteiger partial charge on any atom is 0.258 e. The second kappa shape index (κ2) is 6.62. The van der Waals surface area contributed by atoms with Crippen molar-refractivity contribution in [1.29, 1.82) is 0 Å². The summed E-state index contributed by atoms with van der Waals surface area (Å²) in [6.07, 6.45) is 3.62. The van der Waals surface area contributed by atoms with E-state index < -0.39 is 0 Å². The maximum absolute atomic E-state index is 5.52. The van der Waals surface area contributed by atoms with Gasteiger partial charge in [0.1, 0.15) is 0 Å². The molecule has 0 amide bonds. The molecule has 1 aromatic carbocycles. The highest BCUT2D eigenvalue weighted by Gasteiger charge is 2.25. The summed E-state index contributed by atoms with van der Waals surface area (Å²) in [4.78, 5) is 11.0. The number of hydrogen-bond donors (Lipinski definition) is 1. The molecule has 1 atom stereocenters. The minimum absolute atomic E-state index is 0. The quantitative estimate of drug-likeness (QED) is 0.777. The molecule has 2 aromatic heterocycles. The molecule has 7 heteroatoms. The third-order valence-electron chi connectivity index (χ3n) is 4.16. The number of nitrogens with zero attached hydrogens (tertiary/aromatic N) is 4. The third-order valence-corrected chi connectivity index (χ3v) is 4.16. The van der Waals surface area contributed by atoms with Crippen LogP contribution >= 0.6 is 12.4 Å². The monoisotopic (exact) mass is 331 g/mol. The minimum Gasteiger partial charge on any atom is -0.334 e. The van der Waals surface area contributed by atoms with Crippen LogP contribution in [-0.2, 0) is 0 Å². The number of hydrogen-bond acceptors (Lipinski definition) is 6. The van der Waals surface area contributed by atoms with Crippen LogP contribution in [0.1, 0.15) is 11.9 Å². The lowest BCUT2D eigenvalue weighted by Crippen LogP contribution is -2.44. The largest absolute Gasteiger partial charge is 0.334 e. The van der Waals surface area contributed by atoms with Crippen LogP contribution in [0.15, 0.2) is 41.2 Å². The van der Waals surface area contributed by atoms with Gasteiger partial charge in [0.25, 0.3) is 5.89 Å². The lowest BCUT2D eigenvalue weighted by Gasteiger charge is -2.30. The molecule has 0 radical (unpaired) electrons. The van der Waals surface area contributed by atoms with Gasteiger partial charge in [-0.3, -0.25) is 9.88 Å². The van der Waals surface area contributed by atoms with Gasteiger partial charge in [-0.05, 0) is 24.6 Å². The second-order valence-corrected chi connectivity index (χ2v) is 5.56. The molecule has 1 aliphatic heterocycles. The Bertz CT molecular complexity index is 801. The number of nitrogens with one attached hydrogen (secondary N) is 1. The summed E-state index contributed by atoms with van der Waals surface area (Å²) >= 11 is 0. The average molecular weight is 332 g/mol. The zero-order valence-electron chi connectivity index (χ0n) is 12.8. The Morgan fingerprint density at radius 3 is 3.09 bits per heavy atom. The van der Waals surface area contributed by atoms with Crippen molar-refractivity contribution >= 4 is 23.2 Å². The summed E-state index contributed by atoms with van der Waals surface area (Å²) in [6, 6.07) is 8.15. The summed E-state index contributed by atoms with van der Waals surface area (Å²) in [7, 11) is 2.09. The highest BCUT2D eigenvalue weighted by Crippen LogP contribution is 2.28. The first kappa shape index (κ1) is 15.9. The van der Waals surface area contributed by atoms with Crippen molar-refractivity contribution in [3.63, 3.8) is 0 Å². The van der Waals surface area contributed by atoms with E-state index in [9.17, 15) is 0 Å². The fraction of sp³-hybridized carbons (Fsp3) is 0.312. The van der Waals surface area contributed by atoms with E-state index in [1.807, 2.05) is 30.5 Å². The van der Waals surface area contributed by atoms with Crippen molar-refractivity contribution in [2.75, 3.05) is 26.7 Å².